The summed E-state index contributed by atoms with van der Waals surface area (Å²) in [4.78, 5) is 43.9. The van der Waals surface area contributed by atoms with Gasteiger partial charge in [-0.1, -0.05) is 29.5 Å². The lowest BCUT2D eigenvalue weighted by Gasteiger charge is -2.25. The second-order valence-corrected chi connectivity index (χ2v) is 10.8. The molecule has 2 aromatic carbocycles. The van der Waals surface area contributed by atoms with E-state index in [9.17, 15) is 14.4 Å². The van der Waals surface area contributed by atoms with E-state index in [2.05, 4.69) is 4.99 Å². The molecule has 4 rings (SSSR count). The Kier molecular flexibility index (Phi) is 10.4. The van der Waals surface area contributed by atoms with E-state index in [-0.39, 0.29) is 31.5 Å². The van der Waals surface area contributed by atoms with Crippen LogP contribution in [0.4, 0.5) is 0 Å². The zero-order chi connectivity index (χ0) is 31.1. The smallest absolute Gasteiger partial charge is 0.344 e. The summed E-state index contributed by atoms with van der Waals surface area (Å²) in [6, 6.07) is 11.8. The van der Waals surface area contributed by atoms with Gasteiger partial charge in [0.2, 0.25) is 0 Å². The maximum absolute atomic E-state index is 13.9. The number of carbonyl (C=O) groups excluding carboxylic acids is 2. The Morgan fingerprint density at radius 1 is 0.977 bits per heavy atom. The van der Waals surface area contributed by atoms with E-state index >= 15 is 0 Å². The van der Waals surface area contributed by atoms with E-state index in [1.165, 1.54) is 15.9 Å². The van der Waals surface area contributed by atoms with Crippen molar-refractivity contribution in [2.24, 2.45) is 4.99 Å². The topological polar surface area (TPSA) is 115 Å². The van der Waals surface area contributed by atoms with Crippen molar-refractivity contribution in [2.75, 3.05) is 26.4 Å². The third-order valence-corrected chi connectivity index (χ3v) is 7.28. The Balaban J connectivity index is 1.78. The molecule has 0 saturated heterocycles. The second kappa shape index (κ2) is 14.2. The third kappa shape index (κ3) is 7.34. The van der Waals surface area contributed by atoms with Crippen LogP contribution in [-0.2, 0) is 19.1 Å². The van der Waals surface area contributed by atoms with Gasteiger partial charge in [0.05, 0.1) is 47.8 Å². The molecule has 0 spiro atoms. The van der Waals surface area contributed by atoms with Crippen molar-refractivity contribution in [1.82, 2.24) is 4.57 Å². The molecule has 0 fully saturated rings. The standard InChI is InChI=1S/C32H36N2O8S/c1-7-38-25-16-21(10-15-24(25)41-18-27(35)39-8-2)17-26-30(36)34-29(22-11-13-23(14-12-22)42-19(4)5)28(31(37)40-9-3)20(6)33-32(34)43-26/h10-17,19,29H,7-9,18H2,1-6H3/b26-17-/t29-/m0/s1. The van der Waals surface area contributed by atoms with Crippen LogP contribution in [0.15, 0.2) is 63.5 Å². The summed E-state index contributed by atoms with van der Waals surface area (Å²) in [7, 11) is 0. The van der Waals surface area contributed by atoms with Gasteiger partial charge in [-0.05, 0) is 83.0 Å². The molecule has 11 heteroatoms. The first-order valence-corrected chi connectivity index (χ1v) is 15.0. The van der Waals surface area contributed by atoms with E-state index in [1.54, 1.807) is 45.0 Å². The lowest BCUT2D eigenvalue weighted by Crippen LogP contribution is -2.39. The molecule has 1 aliphatic heterocycles. The van der Waals surface area contributed by atoms with Crippen LogP contribution >= 0.6 is 11.3 Å². The fraction of sp³-hybridized carbons (Fsp3) is 0.375. The number of benzene rings is 2. The fourth-order valence-corrected chi connectivity index (χ4v) is 5.65. The van der Waals surface area contributed by atoms with Crippen molar-refractivity contribution in [3.63, 3.8) is 0 Å². The minimum Gasteiger partial charge on any atom is -0.491 e. The molecule has 0 aliphatic carbocycles. The minimum absolute atomic E-state index is 0.00203. The highest BCUT2D eigenvalue weighted by molar-refractivity contribution is 7.07. The maximum atomic E-state index is 13.9. The molecule has 0 saturated carbocycles. The van der Waals surface area contributed by atoms with Crippen LogP contribution in [0.2, 0.25) is 0 Å². The lowest BCUT2D eigenvalue weighted by atomic mass is 9.96. The summed E-state index contributed by atoms with van der Waals surface area (Å²) in [6.45, 7) is 11.5. The number of rotatable bonds is 12. The second-order valence-electron chi connectivity index (χ2n) is 9.77. The van der Waals surface area contributed by atoms with Crippen LogP contribution in [0.25, 0.3) is 6.08 Å². The van der Waals surface area contributed by atoms with Crippen molar-refractivity contribution in [2.45, 2.75) is 53.7 Å². The Morgan fingerprint density at radius 3 is 2.35 bits per heavy atom. The van der Waals surface area contributed by atoms with Gasteiger partial charge in [-0.15, -0.1) is 0 Å². The molecule has 228 valence electrons. The van der Waals surface area contributed by atoms with Gasteiger partial charge in [-0.3, -0.25) is 9.36 Å². The molecule has 0 radical (unpaired) electrons. The van der Waals surface area contributed by atoms with Gasteiger partial charge < -0.3 is 23.7 Å². The average molecular weight is 609 g/mol. The number of fused-ring (bicyclic) bond motifs is 1. The van der Waals surface area contributed by atoms with Crippen LogP contribution in [0.1, 0.15) is 58.7 Å². The number of nitrogens with zero attached hydrogens (tertiary/aromatic N) is 2. The van der Waals surface area contributed by atoms with Gasteiger partial charge in [0.15, 0.2) is 22.9 Å². The zero-order valence-electron chi connectivity index (χ0n) is 25.2. The third-order valence-electron chi connectivity index (χ3n) is 6.30. The molecule has 2 heterocycles. The van der Waals surface area contributed by atoms with Crippen molar-refractivity contribution in [3.05, 3.63) is 84.5 Å². The first kappa shape index (κ1) is 31.6. The molecule has 1 aliphatic rings. The maximum Gasteiger partial charge on any atom is 0.344 e. The first-order chi connectivity index (χ1) is 20.7. The number of ether oxygens (including phenoxy) is 5. The Bertz CT molecular complexity index is 1690. The minimum atomic E-state index is -0.733. The summed E-state index contributed by atoms with van der Waals surface area (Å²) in [5, 5.41) is 0. The highest BCUT2D eigenvalue weighted by Crippen LogP contribution is 2.32. The molecule has 0 bridgehead atoms. The average Bonchev–Trinajstić information content (AvgIpc) is 3.26. The van der Waals surface area contributed by atoms with Gasteiger partial charge in [0.25, 0.3) is 5.56 Å². The number of aromatic nitrogens is 1. The van der Waals surface area contributed by atoms with Gasteiger partial charge in [0.1, 0.15) is 5.75 Å². The van der Waals surface area contributed by atoms with Gasteiger partial charge >= 0.3 is 11.9 Å². The van der Waals surface area contributed by atoms with E-state index in [4.69, 9.17) is 23.7 Å². The number of esters is 2. The molecule has 0 unspecified atom stereocenters. The van der Waals surface area contributed by atoms with Crippen molar-refractivity contribution in [1.29, 1.82) is 0 Å². The van der Waals surface area contributed by atoms with Gasteiger partial charge in [-0.2, -0.15) is 0 Å². The summed E-state index contributed by atoms with van der Waals surface area (Å²) in [6.07, 6.45) is 1.74. The lowest BCUT2D eigenvalue weighted by molar-refractivity contribution is -0.145. The number of hydrogen-bond acceptors (Lipinski definition) is 10. The van der Waals surface area contributed by atoms with Crippen LogP contribution in [0.5, 0.6) is 17.2 Å². The van der Waals surface area contributed by atoms with E-state index in [0.29, 0.717) is 50.0 Å². The molecule has 0 amide bonds. The molecular formula is C32H36N2O8S. The predicted octanol–water partition coefficient (Wildman–Crippen LogP) is 3.93. The largest absolute Gasteiger partial charge is 0.491 e. The van der Waals surface area contributed by atoms with E-state index < -0.39 is 18.0 Å². The number of thiazole rings is 1. The SMILES string of the molecule is CCOC(=O)COc1ccc(/C=c2\sc3n(c2=O)[C@@H](c2ccc(OC(C)C)cc2)C(C(=O)OCC)=C(C)N=3)cc1OCC. The molecule has 10 nitrogen and oxygen atoms in total. The van der Waals surface area contributed by atoms with Crippen molar-refractivity contribution in [3.8, 4) is 17.2 Å². The van der Waals surface area contributed by atoms with Crippen molar-refractivity contribution >= 4 is 29.4 Å². The first-order valence-electron chi connectivity index (χ1n) is 14.2. The molecule has 1 atom stereocenters. The van der Waals surface area contributed by atoms with Gasteiger partial charge in [0, 0.05) is 0 Å². The van der Waals surface area contributed by atoms with Crippen LogP contribution in [0, 0.1) is 0 Å². The highest BCUT2D eigenvalue weighted by atomic mass is 32.1. The highest BCUT2D eigenvalue weighted by Gasteiger charge is 2.33. The summed E-state index contributed by atoms with van der Waals surface area (Å²) < 4.78 is 29.4. The number of allylic oxidation sites excluding steroid dienone is 1. The number of carbonyl (C=O) groups is 2. The van der Waals surface area contributed by atoms with E-state index in [0.717, 1.165) is 5.56 Å². The van der Waals surface area contributed by atoms with Gasteiger partial charge in [-0.25, -0.2) is 14.6 Å². The summed E-state index contributed by atoms with van der Waals surface area (Å²) in [5.41, 5.74) is 1.90. The fourth-order valence-electron chi connectivity index (χ4n) is 4.60. The molecule has 0 N–H and O–H groups in total. The normalized spacial score (nSPS) is 14.7. The monoisotopic (exact) mass is 608 g/mol. The quantitative estimate of drug-likeness (QED) is 0.284. The molecule has 3 aromatic rings. The summed E-state index contributed by atoms with van der Waals surface area (Å²) >= 11 is 1.22. The Labute approximate surface area is 253 Å². The zero-order valence-corrected chi connectivity index (χ0v) is 26.0. The molecule has 43 heavy (non-hydrogen) atoms. The predicted molar refractivity (Wildman–Crippen MR) is 162 cm³/mol. The van der Waals surface area contributed by atoms with Crippen LogP contribution in [0.3, 0.4) is 0 Å². The van der Waals surface area contributed by atoms with Crippen LogP contribution in [-0.4, -0.2) is 49.0 Å². The molecule has 1 aromatic heterocycles. The molecular weight excluding hydrogens is 572 g/mol. The summed E-state index contributed by atoms with van der Waals surface area (Å²) in [5.74, 6) is 0.488. The van der Waals surface area contributed by atoms with Crippen LogP contribution < -0.4 is 29.1 Å². The van der Waals surface area contributed by atoms with E-state index in [1.807, 2.05) is 45.0 Å². The Hall–Kier alpha value is -4.38. The Morgan fingerprint density at radius 2 is 1.70 bits per heavy atom. The van der Waals surface area contributed by atoms with Crippen molar-refractivity contribution < 1.29 is 33.3 Å². The number of hydrogen-bond donors (Lipinski definition) is 0.